The van der Waals surface area contributed by atoms with Gasteiger partial charge in [-0.25, -0.2) is 4.79 Å². The van der Waals surface area contributed by atoms with Gasteiger partial charge in [-0.2, -0.15) is 0 Å². The van der Waals surface area contributed by atoms with E-state index in [4.69, 9.17) is 10.5 Å². The Labute approximate surface area is 177 Å². The largest absolute Gasteiger partial charge is 0.449 e. The molecular formula is C26H24N2O2. The number of fused-ring (bicyclic) bond motifs is 3. The molecule has 0 fully saturated rings. The molecule has 0 saturated carbocycles. The Bertz CT molecular complexity index is 1100. The average molecular weight is 396 g/mol. The van der Waals surface area contributed by atoms with Crippen LogP contribution in [0.25, 0.3) is 11.1 Å². The maximum atomic E-state index is 12.1. The molecule has 3 aromatic rings. The number of alkyl carbamates (subject to hydrolysis) is 1. The number of benzene rings is 3. The second-order valence-corrected chi connectivity index (χ2v) is 7.38. The second kappa shape index (κ2) is 8.75. The number of nitrogen functional groups attached to an aromatic ring is 1. The molecule has 1 amide bonds. The summed E-state index contributed by atoms with van der Waals surface area (Å²) in [6.07, 6.45) is 0.134. The van der Waals surface area contributed by atoms with Gasteiger partial charge in [0.1, 0.15) is 6.61 Å². The predicted molar refractivity (Wildman–Crippen MR) is 120 cm³/mol. The number of ether oxygens (including phenoxy) is 1. The molecule has 30 heavy (non-hydrogen) atoms. The number of rotatable bonds is 4. The molecule has 4 heteroatoms. The van der Waals surface area contributed by atoms with E-state index >= 15 is 0 Å². The van der Waals surface area contributed by atoms with E-state index in [0.717, 1.165) is 16.8 Å². The molecule has 0 saturated heterocycles. The van der Waals surface area contributed by atoms with Crippen LogP contribution < -0.4 is 11.1 Å². The highest BCUT2D eigenvalue weighted by atomic mass is 16.5. The number of carbonyl (C=O) groups excluding carboxylic acids is 1. The summed E-state index contributed by atoms with van der Waals surface area (Å²) in [6.45, 7) is 2.72. The van der Waals surface area contributed by atoms with Gasteiger partial charge in [0.15, 0.2) is 0 Å². The highest BCUT2D eigenvalue weighted by molar-refractivity contribution is 5.79. The van der Waals surface area contributed by atoms with Crippen LogP contribution in [0.1, 0.15) is 34.6 Å². The molecule has 0 aromatic heterocycles. The number of hydrogen-bond acceptors (Lipinski definition) is 3. The maximum Gasteiger partial charge on any atom is 0.407 e. The summed E-state index contributed by atoms with van der Waals surface area (Å²) in [5, 5.41) is 2.78. The topological polar surface area (TPSA) is 64.3 Å². The van der Waals surface area contributed by atoms with Crippen molar-refractivity contribution < 1.29 is 9.53 Å². The van der Waals surface area contributed by atoms with E-state index in [1.165, 1.54) is 22.3 Å². The Balaban J connectivity index is 1.29. The van der Waals surface area contributed by atoms with Crippen molar-refractivity contribution in [1.29, 1.82) is 0 Å². The Morgan fingerprint density at radius 1 is 1.03 bits per heavy atom. The highest BCUT2D eigenvalue weighted by Gasteiger charge is 2.28. The molecule has 4 rings (SSSR count). The van der Waals surface area contributed by atoms with E-state index in [9.17, 15) is 4.79 Å². The van der Waals surface area contributed by atoms with Gasteiger partial charge in [-0.05, 0) is 52.9 Å². The third-order valence-corrected chi connectivity index (χ3v) is 5.37. The van der Waals surface area contributed by atoms with Crippen LogP contribution in [-0.2, 0) is 4.74 Å². The van der Waals surface area contributed by atoms with E-state index in [0.29, 0.717) is 19.6 Å². The molecule has 0 aliphatic heterocycles. The summed E-state index contributed by atoms with van der Waals surface area (Å²) >= 11 is 0. The van der Waals surface area contributed by atoms with Crippen LogP contribution >= 0.6 is 0 Å². The van der Waals surface area contributed by atoms with Gasteiger partial charge in [0.2, 0.25) is 0 Å². The van der Waals surface area contributed by atoms with Crippen LogP contribution in [0.3, 0.4) is 0 Å². The van der Waals surface area contributed by atoms with Crippen LogP contribution in [0.5, 0.6) is 0 Å². The third-order valence-electron chi connectivity index (χ3n) is 5.37. The number of nitrogens with two attached hydrogens (primary N) is 1. The Morgan fingerprint density at radius 2 is 1.70 bits per heavy atom. The Hall–Kier alpha value is -3.71. The molecule has 1 aliphatic rings. The molecule has 3 aromatic carbocycles. The summed E-state index contributed by atoms with van der Waals surface area (Å²) in [5.74, 6) is 6.22. The average Bonchev–Trinajstić information content (AvgIpc) is 3.08. The smallest absolute Gasteiger partial charge is 0.407 e. The van der Waals surface area contributed by atoms with E-state index < -0.39 is 6.09 Å². The SMILES string of the molecule is Cc1cc(C#CCCNC(=O)OCC2c3ccccc3-c3ccccc32)ccc1N. The van der Waals surface area contributed by atoms with Crippen LogP contribution in [0, 0.1) is 18.8 Å². The maximum absolute atomic E-state index is 12.1. The van der Waals surface area contributed by atoms with E-state index in [-0.39, 0.29) is 5.92 Å². The van der Waals surface area contributed by atoms with Gasteiger partial charge in [-0.15, -0.1) is 0 Å². The molecule has 0 atom stereocenters. The number of anilines is 1. The zero-order valence-electron chi connectivity index (χ0n) is 16.9. The fourth-order valence-electron chi connectivity index (χ4n) is 3.79. The fourth-order valence-corrected chi connectivity index (χ4v) is 3.79. The lowest BCUT2D eigenvalue weighted by molar-refractivity contribution is 0.143. The van der Waals surface area contributed by atoms with Crippen LogP contribution in [-0.4, -0.2) is 19.2 Å². The highest BCUT2D eigenvalue weighted by Crippen LogP contribution is 2.44. The van der Waals surface area contributed by atoms with E-state index in [1.807, 2.05) is 49.4 Å². The number of amides is 1. The lowest BCUT2D eigenvalue weighted by atomic mass is 9.98. The van der Waals surface area contributed by atoms with Gasteiger partial charge in [0, 0.05) is 30.1 Å². The third kappa shape index (κ3) is 4.16. The summed E-state index contributed by atoms with van der Waals surface area (Å²) in [4.78, 5) is 12.1. The first-order valence-corrected chi connectivity index (χ1v) is 10.1. The quantitative estimate of drug-likeness (QED) is 0.376. The van der Waals surface area contributed by atoms with Gasteiger partial charge in [0.05, 0.1) is 0 Å². The van der Waals surface area contributed by atoms with Gasteiger partial charge in [-0.3, -0.25) is 0 Å². The molecule has 0 spiro atoms. The normalized spacial score (nSPS) is 11.8. The minimum atomic E-state index is -0.415. The van der Waals surface area contributed by atoms with Crippen molar-refractivity contribution in [1.82, 2.24) is 5.32 Å². The van der Waals surface area contributed by atoms with Crippen LogP contribution in [0.4, 0.5) is 10.5 Å². The van der Waals surface area contributed by atoms with E-state index in [1.54, 1.807) is 0 Å². The minimum Gasteiger partial charge on any atom is -0.449 e. The molecule has 150 valence electrons. The molecule has 0 radical (unpaired) electrons. The number of carbonyl (C=O) groups is 1. The summed E-state index contributed by atoms with van der Waals surface area (Å²) < 4.78 is 5.52. The summed E-state index contributed by atoms with van der Waals surface area (Å²) in [5.41, 5.74) is 13.4. The van der Waals surface area contributed by atoms with Crippen LogP contribution in [0.2, 0.25) is 0 Å². The summed E-state index contributed by atoms with van der Waals surface area (Å²) in [6, 6.07) is 22.3. The van der Waals surface area contributed by atoms with Crippen molar-refractivity contribution in [3.8, 4) is 23.0 Å². The van der Waals surface area contributed by atoms with E-state index in [2.05, 4.69) is 41.4 Å². The molecule has 3 N–H and O–H groups in total. The molecule has 4 nitrogen and oxygen atoms in total. The van der Waals surface area contributed by atoms with Crippen LogP contribution in [0.15, 0.2) is 66.7 Å². The molecular weight excluding hydrogens is 372 g/mol. The van der Waals surface area contributed by atoms with Crippen molar-refractivity contribution >= 4 is 11.8 Å². The van der Waals surface area contributed by atoms with Crippen molar-refractivity contribution in [3.63, 3.8) is 0 Å². The zero-order chi connectivity index (χ0) is 20.9. The van der Waals surface area contributed by atoms with Crippen molar-refractivity contribution in [3.05, 3.63) is 89.0 Å². The number of hydrogen-bond donors (Lipinski definition) is 2. The lowest BCUT2D eigenvalue weighted by Gasteiger charge is -2.14. The van der Waals surface area contributed by atoms with Gasteiger partial charge >= 0.3 is 6.09 Å². The molecule has 0 heterocycles. The van der Waals surface area contributed by atoms with Crippen molar-refractivity contribution in [2.45, 2.75) is 19.3 Å². The van der Waals surface area contributed by atoms with Gasteiger partial charge in [0.25, 0.3) is 0 Å². The second-order valence-electron chi connectivity index (χ2n) is 7.38. The summed E-state index contributed by atoms with van der Waals surface area (Å²) in [7, 11) is 0. The van der Waals surface area contributed by atoms with Gasteiger partial charge < -0.3 is 15.8 Å². The Kier molecular flexibility index (Phi) is 5.72. The minimum absolute atomic E-state index is 0.0664. The fraction of sp³-hybridized carbons (Fsp3) is 0.192. The monoisotopic (exact) mass is 396 g/mol. The first kappa shape index (κ1) is 19.6. The van der Waals surface area contributed by atoms with Gasteiger partial charge in [-0.1, -0.05) is 60.4 Å². The molecule has 0 bridgehead atoms. The Morgan fingerprint density at radius 3 is 2.37 bits per heavy atom. The van der Waals surface area contributed by atoms with Crippen molar-refractivity contribution in [2.75, 3.05) is 18.9 Å². The first-order chi connectivity index (χ1) is 14.6. The molecule has 1 aliphatic carbocycles. The lowest BCUT2D eigenvalue weighted by Crippen LogP contribution is -2.26. The molecule has 0 unspecified atom stereocenters. The zero-order valence-corrected chi connectivity index (χ0v) is 16.9. The number of nitrogens with one attached hydrogen (secondary N) is 1. The number of aryl methyl sites for hydroxylation is 1. The first-order valence-electron chi connectivity index (χ1n) is 10.1. The standard InChI is InChI=1S/C26H24N2O2/c1-18-16-19(13-14-25(18)27)8-6-7-15-28-26(29)30-17-24-22-11-4-2-9-20(22)21-10-3-5-12-23(21)24/h2-5,9-14,16,24H,7,15,17,27H2,1H3,(H,28,29). The van der Waals surface area contributed by atoms with Crippen molar-refractivity contribution in [2.24, 2.45) is 0 Å². The predicted octanol–water partition coefficient (Wildman–Crippen LogP) is 4.86.